The van der Waals surface area contributed by atoms with Crippen LogP contribution in [0.4, 0.5) is 0 Å². The summed E-state index contributed by atoms with van der Waals surface area (Å²) in [7, 11) is 1.41. The highest BCUT2D eigenvalue weighted by Gasteiger charge is 2.36. The van der Waals surface area contributed by atoms with Gasteiger partial charge in [0.05, 0.1) is 13.7 Å². The standard InChI is InChI=1S/C25H20O9/c1-31-18-8-13(4-7-15(18)28)24-21(11-26)34-25-20(33-24)10-19-22(23(25)30)16(29)9-17(32-19)12-2-5-14(27)6-3-12/h2-10,21,24,26-28,30H,11H2,1H3/t21-,24-/m0/s1. The number of fused-ring (bicyclic) bond motifs is 2. The van der Waals surface area contributed by atoms with Crippen molar-refractivity contribution in [3.8, 4) is 45.8 Å². The van der Waals surface area contributed by atoms with Crippen LogP contribution in [-0.2, 0) is 0 Å². The van der Waals surface area contributed by atoms with Gasteiger partial charge in [-0.25, -0.2) is 0 Å². The smallest absolute Gasteiger partial charge is 0.204 e. The normalized spacial score (nSPS) is 17.0. The second kappa shape index (κ2) is 8.20. The van der Waals surface area contributed by atoms with Gasteiger partial charge in [0.1, 0.15) is 22.5 Å². The topological polar surface area (TPSA) is 139 Å². The number of benzene rings is 3. The lowest BCUT2D eigenvalue weighted by atomic mass is 10.0. The lowest BCUT2D eigenvalue weighted by molar-refractivity contribution is -0.0139. The number of hydrogen-bond acceptors (Lipinski definition) is 9. The maximum absolute atomic E-state index is 12.8. The van der Waals surface area contributed by atoms with Crippen molar-refractivity contribution in [3.63, 3.8) is 0 Å². The van der Waals surface area contributed by atoms with Gasteiger partial charge in [-0.2, -0.15) is 0 Å². The third-order valence-corrected chi connectivity index (χ3v) is 5.64. The Labute approximate surface area is 192 Å². The number of aromatic hydroxyl groups is 3. The van der Waals surface area contributed by atoms with E-state index in [-0.39, 0.29) is 45.5 Å². The molecule has 1 aliphatic heterocycles. The maximum atomic E-state index is 12.8. The predicted octanol–water partition coefficient (Wildman–Crippen LogP) is 3.46. The largest absolute Gasteiger partial charge is 0.508 e. The molecule has 1 aromatic heterocycles. The number of methoxy groups -OCH3 is 1. The summed E-state index contributed by atoms with van der Waals surface area (Å²) in [5, 5.41) is 40.1. The number of aliphatic hydroxyl groups excluding tert-OH is 1. The molecule has 9 heteroatoms. The van der Waals surface area contributed by atoms with E-state index in [1.165, 1.54) is 37.4 Å². The number of phenolic OH excluding ortho intramolecular Hbond substituents is 3. The van der Waals surface area contributed by atoms with E-state index in [9.17, 15) is 25.2 Å². The van der Waals surface area contributed by atoms with Crippen molar-refractivity contribution in [2.24, 2.45) is 0 Å². The molecule has 2 heterocycles. The molecule has 1 aliphatic rings. The molecule has 0 fully saturated rings. The number of ether oxygens (including phenoxy) is 3. The highest BCUT2D eigenvalue weighted by Crippen LogP contribution is 2.48. The van der Waals surface area contributed by atoms with Crippen LogP contribution in [0.2, 0.25) is 0 Å². The van der Waals surface area contributed by atoms with E-state index >= 15 is 0 Å². The van der Waals surface area contributed by atoms with Gasteiger partial charge in [0.15, 0.2) is 40.6 Å². The Balaban J connectivity index is 1.62. The Morgan fingerprint density at radius 3 is 2.44 bits per heavy atom. The summed E-state index contributed by atoms with van der Waals surface area (Å²) in [4.78, 5) is 12.8. The van der Waals surface area contributed by atoms with Crippen molar-refractivity contribution in [1.29, 1.82) is 0 Å². The molecule has 5 rings (SSSR count). The van der Waals surface area contributed by atoms with Gasteiger partial charge >= 0.3 is 0 Å². The zero-order chi connectivity index (χ0) is 24.0. The first-order valence-corrected chi connectivity index (χ1v) is 10.3. The van der Waals surface area contributed by atoms with E-state index < -0.39 is 30.0 Å². The fourth-order valence-electron chi connectivity index (χ4n) is 3.94. The molecular formula is C25H20O9. The average Bonchev–Trinajstić information content (AvgIpc) is 2.84. The van der Waals surface area contributed by atoms with E-state index in [0.29, 0.717) is 11.1 Å². The highest BCUT2D eigenvalue weighted by atomic mass is 16.6. The monoisotopic (exact) mass is 464 g/mol. The van der Waals surface area contributed by atoms with Gasteiger partial charge < -0.3 is 39.1 Å². The van der Waals surface area contributed by atoms with E-state index in [1.807, 2.05) is 0 Å². The highest BCUT2D eigenvalue weighted by molar-refractivity contribution is 5.89. The molecule has 0 saturated heterocycles. The van der Waals surface area contributed by atoms with Gasteiger partial charge in [-0.05, 0) is 36.4 Å². The number of hydrogen-bond donors (Lipinski definition) is 4. The Hall–Kier alpha value is -4.37. The van der Waals surface area contributed by atoms with Crippen molar-refractivity contribution >= 4 is 11.0 Å². The zero-order valence-corrected chi connectivity index (χ0v) is 17.9. The second-order valence-corrected chi connectivity index (χ2v) is 7.76. The van der Waals surface area contributed by atoms with Gasteiger partial charge in [-0.3, -0.25) is 4.79 Å². The van der Waals surface area contributed by atoms with Crippen molar-refractivity contribution in [1.82, 2.24) is 0 Å². The summed E-state index contributed by atoms with van der Waals surface area (Å²) >= 11 is 0. The van der Waals surface area contributed by atoms with E-state index in [0.717, 1.165) is 0 Å². The molecule has 0 amide bonds. The first kappa shape index (κ1) is 21.5. The third-order valence-electron chi connectivity index (χ3n) is 5.64. The average molecular weight is 464 g/mol. The van der Waals surface area contributed by atoms with Gasteiger partial charge in [-0.15, -0.1) is 0 Å². The molecule has 174 valence electrons. The lowest BCUT2D eigenvalue weighted by Gasteiger charge is -2.33. The first-order valence-electron chi connectivity index (χ1n) is 10.3. The molecule has 0 bridgehead atoms. The molecule has 4 N–H and O–H groups in total. The molecule has 2 atom stereocenters. The molecule has 0 unspecified atom stereocenters. The van der Waals surface area contributed by atoms with E-state index in [4.69, 9.17) is 18.6 Å². The van der Waals surface area contributed by atoms with Crippen LogP contribution in [0.5, 0.6) is 34.5 Å². The molecule has 0 aliphatic carbocycles. The number of rotatable bonds is 4. The number of aliphatic hydroxyl groups is 1. The first-order chi connectivity index (χ1) is 16.4. The fraction of sp³-hybridized carbons (Fsp3) is 0.160. The van der Waals surface area contributed by atoms with Gasteiger partial charge in [0.25, 0.3) is 0 Å². The Morgan fingerprint density at radius 1 is 0.971 bits per heavy atom. The van der Waals surface area contributed by atoms with Crippen LogP contribution >= 0.6 is 0 Å². The molecule has 0 radical (unpaired) electrons. The molecule has 3 aromatic carbocycles. The summed E-state index contributed by atoms with van der Waals surface area (Å²) in [5.74, 6) is 0.0290. The second-order valence-electron chi connectivity index (χ2n) is 7.76. The Kier molecular flexibility index (Phi) is 5.18. The minimum atomic E-state index is -0.909. The van der Waals surface area contributed by atoms with Gasteiger partial charge in [-0.1, -0.05) is 6.07 Å². The van der Waals surface area contributed by atoms with Crippen LogP contribution in [0.3, 0.4) is 0 Å². The molecule has 0 saturated carbocycles. The van der Waals surface area contributed by atoms with Gasteiger partial charge in [0.2, 0.25) is 5.75 Å². The fourth-order valence-corrected chi connectivity index (χ4v) is 3.94. The van der Waals surface area contributed by atoms with E-state index in [2.05, 4.69) is 0 Å². The quantitative estimate of drug-likeness (QED) is 0.358. The minimum Gasteiger partial charge on any atom is -0.508 e. The zero-order valence-electron chi connectivity index (χ0n) is 17.9. The molecule has 9 nitrogen and oxygen atoms in total. The molecule has 4 aromatic rings. The van der Waals surface area contributed by atoms with Crippen molar-refractivity contribution in [2.45, 2.75) is 12.2 Å². The summed E-state index contributed by atoms with van der Waals surface area (Å²) < 4.78 is 22.9. The van der Waals surface area contributed by atoms with E-state index in [1.54, 1.807) is 24.3 Å². The summed E-state index contributed by atoms with van der Waals surface area (Å²) in [6.07, 6.45) is -1.72. The van der Waals surface area contributed by atoms with Crippen molar-refractivity contribution in [2.75, 3.05) is 13.7 Å². The van der Waals surface area contributed by atoms with Crippen molar-refractivity contribution < 1.29 is 39.1 Å². The van der Waals surface area contributed by atoms with Crippen LogP contribution in [0.25, 0.3) is 22.3 Å². The summed E-state index contributed by atoms with van der Waals surface area (Å²) in [6.45, 7) is -0.445. The Morgan fingerprint density at radius 2 is 1.74 bits per heavy atom. The van der Waals surface area contributed by atoms with Crippen LogP contribution in [0.15, 0.2) is 63.8 Å². The number of phenols is 3. The summed E-state index contributed by atoms with van der Waals surface area (Å²) in [6, 6.07) is 13.4. The van der Waals surface area contributed by atoms with Crippen LogP contribution in [0.1, 0.15) is 11.7 Å². The Bertz CT molecular complexity index is 1440. The molecular weight excluding hydrogens is 444 g/mol. The van der Waals surface area contributed by atoms with Crippen molar-refractivity contribution in [3.05, 3.63) is 70.4 Å². The molecule has 0 spiro atoms. The third kappa shape index (κ3) is 3.52. The SMILES string of the molecule is COc1cc([C@@H]2Oc3cc4oc(-c5ccc(O)cc5)cc(=O)c4c(O)c3O[C@H]2CO)ccc1O. The maximum Gasteiger partial charge on any atom is 0.204 e. The summed E-state index contributed by atoms with van der Waals surface area (Å²) in [5.41, 5.74) is 0.679. The molecule has 34 heavy (non-hydrogen) atoms. The predicted molar refractivity (Wildman–Crippen MR) is 121 cm³/mol. The lowest BCUT2D eigenvalue weighted by Crippen LogP contribution is -2.36. The van der Waals surface area contributed by atoms with Crippen LogP contribution in [-0.4, -0.2) is 40.2 Å². The van der Waals surface area contributed by atoms with Crippen LogP contribution in [0, 0.1) is 0 Å². The minimum absolute atomic E-state index is 0.0592. The van der Waals surface area contributed by atoms with Crippen LogP contribution < -0.4 is 19.6 Å². The van der Waals surface area contributed by atoms with Gasteiger partial charge in [0, 0.05) is 23.3 Å².